The van der Waals surface area contributed by atoms with Crippen LogP contribution in [0.1, 0.15) is 2.85 Å². The van der Waals surface area contributed by atoms with Gasteiger partial charge in [-0.3, -0.25) is 0 Å². The molecule has 0 aliphatic heterocycles. The average molecular weight is 181 g/mol. The molecule has 62 valence electrons. The van der Waals surface area contributed by atoms with Crippen LogP contribution >= 0.6 is 0 Å². The third-order valence-corrected chi connectivity index (χ3v) is 3.34. The van der Waals surface area contributed by atoms with Gasteiger partial charge in [-0.2, -0.15) is 0 Å². The fraction of sp³-hybridized carbons (Fsp3) is 1.00. The van der Waals surface area contributed by atoms with E-state index in [4.69, 9.17) is 13.3 Å². The zero-order chi connectivity index (χ0) is 6.62. The monoisotopic (exact) mass is 180 g/mol. The van der Waals surface area contributed by atoms with Gasteiger partial charge in [0.2, 0.25) is 0 Å². The zero-order valence-electron chi connectivity index (χ0n) is 8.93. The van der Waals surface area contributed by atoms with Crippen molar-refractivity contribution in [2.45, 2.75) is 6.55 Å². The molecule has 2 N–H and O–H groups in total. The molecule has 0 aliphatic carbocycles. The van der Waals surface area contributed by atoms with Gasteiger partial charge in [0.05, 0.1) is 0 Å². The molecule has 0 atom stereocenters. The van der Waals surface area contributed by atoms with Crippen LogP contribution in [0.4, 0.5) is 0 Å². The summed E-state index contributed by atoms with van der Waals surface area (Å²) < 4.78 is 14.8. The van der Waals surface area contributed by atoms with Gasteiger partial charge >= 0.3 is 31.9 Å². The van der Waals surface area contributed by atoms with E-state index in [2.05, 4.69) is 0 Å². The van der Waals surface area contributed by atoms with E-state index >= 15 is 0 Å². The molecule has 0 fully saturated rings. The first-order chi connectivity index (χ1) is 3.68. The van der Waals surface area contributed by atoms with Crippen LogP contribution in [0.3, 0.4) is 0 Å². The van der Waals surface area contributed by atoms with Gasteiger partial charge in [-0.05, 0) is 0 Å². The van der Waals surface area contributed by atoms with Gasteiger partial charge in [-0.1, -0.05) is 0 Å². The average Bonchev–Trinajstić information content (AvgIpc) is 1.87. The van der Waals surface area contributed by atoms with E-state index in [1.807, 2.05) is 6.55 Å². The Balaban J connectivity index is -0.0000000408. The quantitative estimate of drug-likeness (QED) is 0.551. The molecular formula is C4H16MgO4Si. The Morgan fingerprint density at radius 1 is 1.00 bits per heavy atom. The van der Waals surface area contributed by atoms with Crippen LogP contribution in [-0.4, -0.2) is 58.7 Å². The van der Waals surface area contributed by atoms with Crippen LogP contribution in [0.2, 0.25) is 6.55 Å². The topological polar surface area (TPSA) is 59.2 Å². The molecule has 0 spiro atoms. The second kappa shape index (κ2) is 7.92. The predicted octanol–water partition coefficient (Wildman–Crippen LogP) is -0.486. The van der Waals surface area contributed by atoms with Gasteiger partial charge in [0.1, 0.15) is 0 Å². The summed E-state index contributed by atoms with van der Waals surface area (Å²) >= 11 is 0. The van der Waals surface area contributed by atoms with Crippen molar-refractivity contribution in [3.05, 3.63) is 0 Å². The van der Waals surface area contributed by atoms with Crippen molar-refractivity contribution in [1.29, 1.82) is 0 Å². The Hall–Kier alpha value is 0.823. The second-order valence-corrected chi connectivity index (χ2v) is 4.42. The largest absolute Gasteiger partial charge is 2.00 e. The summed E-state index contributed by atoms with van der Waals surface area (Å²) in [6, 6.07) is 0. The van der Waals surface area contributed by atoms with E-state index in [0.29, 0.717) is 0 Å². The van der Waals surface area contributed by atoms with Crippen molar-refractivity contribution in [1.82, 2.24) is 0 Å². The first-order valence-corrected chi connectivity index (χ1v) is 4.56. The van der Waals surface area contributed by atoms with E-state index in [1.165, 1.54) is 0 Å². The molecule has 0 rings (SSSR count). The molecule has 0 bridgehead atoms. The molecule has 0 aromatic carbocycles. The van der Waals surface area contributed by atoms with Crippen molar-refractivity contribution in [2.75, 3.05) is 21.3 Å². The van der Waals surface area contributed by atoms with Crippen molar-refractivity contribution in [3.8, 4) is 0 Å². The summed E-state index contributed by atoms with van der Waals surface area (Å²) in [5.74, 6) is 0. The molecular weight excluding hydrogens is 164 g/mol. The number of hydrogen-bond acceptors (Lipinski definition) is 3. The van der Waals surface area contributed by atoms with Crippen molar-refractivity contribution in [2.24, 2.45) is 0 Å². The summed E-state index contributed by atoms with van der Waals surface area (Å²) in [5.41, 5.74) is 0. The SMILES string of the molecule is CO[Si](C)(OC)OC.O.[H-].[H-].[Mg+2]. The van der Waals surface area contributed by atoms with Gasteiger partial charge in [0, 0.05) is 27.9 Å². The first kappa shape index (κ1) is 17.1. The molecule has 6 heteroatoms. The molecule has 10 heavy (non-hydrogen) atoms. The molecule has 0 amide bonds. The zero-order valence-corrected chi connectivity index (χ0v) is 9.35. The van der Waals surface area contributed by atoms with Gasteiger partial charge in [0.25, 0.3) is 0 Å². The molecule has 0 radical (unpaired) electrons. The third kappa shape index (κ3) is 5.60. The molecule has 0 aliphatic rings. The van der Waals surface area contributed by atoms with Gasteiger partial charge < -0.3 is 21.6 Å². The van der Waals surface area contributed by atoms with Crippen LogP contribution in [0.15, 0.2) is 0 Å². The van der Waals surface area contributed by atoms with Crippen LogP contribution < -0.4 is 0 Å². The minimum Gasteiger partial charge on any atom is -1.00 e. The van der Waals surface area contributed by atoms with Gasteiger partial charge in [-0.25, -0.2) is 0 Å². The molecule has 0 saturated heterocycles. The van der Waals surface area contributed by atoms with Crippen molar-refractivity contribution >= 4 is 31.9 Å². The van der Waals surface area contributed by atoms with Gasteiger partial charge in [-0.15, -0.1) is 0 Å². The van der Waals surface area contributed by atoms with E-state index in [9.17, 15) is 0 Å². The Kier molecular flexibility index (Phi) is 13.5. The fourth-order valence-corrected chi connectivity index (χ4v) is 0.750. The maximum absolute atomic E-state index is 4.93. The smallest absolute Gasteiger partial charge is 1.00 e. The minimum atomic E-state index is -2.17. The van der Waals surface area contributed by atoms with E-state index in [-0.39, 0.29) is 31.4 Å². The van der Waals surface area contributed by atoms with E-state index in [1.54, 1.807) is 21.3 Å². The molecule has 0 heterocycles. The molecule has 0 saturated carbocycles. The van der Waals surface area contributed by atoms with Crippen LogP contribution in [0.5, 0.6) is 0 Å². The maximum Gasteiger partial charge on any atom is 2.00 e. The third-order valence-electron chi connectivity index (χ3n) is 1.11. The summed E-state index contributed by atoms with van der Waals surface area (Å²) in [6.07, 6.45) is 0. The molecule has 0 aromatic heterocycles. The molecule has 0 aromatic rings. The molecule has 0 unspecified atom stereocenters. The fourth-order valence-electron chi connectivity index (χ4n) is 0.250. The van der Waals surface area contributed by atoms with Crippen LogP contribution in [0.25, 0.3) is 0 Å². The van der Waals surface area contributed by atoms with E-state index < -0.39 is 8.80 Å². The maximum atomic E-state index is 4.93. The summed E-state index contributed by atoms with van der Waals surface area (Å²) in [7, 11) is 2.58. The minimum absolute atomic E-state index is 0. The Morgan fingerprint density at radius 3 is 1.20 bits per heavy atom. The molecule has 4 nitrogen and oxygen atoms in total. The summed E-state index contributed by atoms with van der Waals surface area (Å²) in [6.45, 7) is 1.83. The van der Waals surface area contributed by atoms with E-state index in [0.717, 1.165) is 0 Å². The standard InChI is InChI=1S/C4H12O3Si.Mg.H2O.2H/c1-5-8(4,6-2)7-3;;;;/h1-4H3;;1H2;;/q;+2;;2*-1. The predicted molar refractivity (Wildman–Crippen MR) is 44.2 cm³/mol. The van der Waals surface area contributed by atoms with Crippen molar-refractivity contribution in [3.63, 3.8) is 0 Å². The summed E-state index contributed by atoms with van der Waals surface area (Å²) in [5, 5.41) is 0. The number of rotatable bonds is 3. The Bertz CT molecular complexity index is 67.8. The number of hydrogen-bond donors (Lipinski definition) is 0. The summed E-state index contributed by atoms with van der Waals surface area (Å²) in [4.78, 5) is 0. The van der Waals surface area contributed by atoms with Gasteiger partial charge in [0.15, 0.2) is 0 Å². The second-order valence-electron chi connectivity index (χ2n) is 1.47. The van der Waals surface area contributed by atoms with Crippen molar-refractivity contribution < 1.29 is 21.6 Å². The first-order valence-electron chi connectivity index (χ1n) is 2.34. The Labute approximate surface area is 81.6 Å². The Morgan fingerprint density at radius 2 is 1.20 bits per heavy atom. The normalized spacial score (nSPS) is 9.60. The van der Waals surface area contributed by atoms with Crippen LogP contribution in [-0.2, 0) is 13.3 Å². The van der Waals surface area contributed by atoms with Crippen LogP contribution in [0, 0.1) is 0 Å².